The highest BCUT2D eigenvalue weighted by Crippen LogP contribution is 2.09. The first-order chi connectivity index (χ1) is 8.79. The van der Waals surface area contributed by atoms with E-state index in [-0.39, 0.29) is 17.7 Å². The van der Waals surface area contributed by atoms with E-state index in [2.05, 4.69) is 10.6 Å². The van der Waals surface area contributed by atoms with Gasteiger partial charge in [-0.25, -0.2) is 4.79 Å². The summed E-state index contributed by atoms with van der Waals surface area (Å²) in [5.74, 6) is -2.22. The second-order valence-corrected chi connectivity index (χ2v) is 3.49. The molecule has 4 N–H and O–H groups in total. The molecule has 9 nitrogen and oxygen atoms in total. The van der Waals surface area contributed by atoms with E-state index in [1.54, 1.807) is 6.92 Å². The van der Waals surface area contributed by atoms with Gasteiger partial charge in [-0.1, -0.05) is 12.7 Å². The Morgan fingerprint density at radius 1 is 1.58 bits per heavy atom. The predicted molar refractivity (Wildman–Crippen MR) is 63.2 cm³/mol. The first kappa shape index (κ1) is 16.6. The highest BCUT2D eigenvalue weighted by Gasteiger charge is 2.18. The number of nitrogens with two attached hydrogens (primary N) is 1. The van der Waals surface area contributed by atoms with Crippen LogP contribution in [0.2, 0.25) is 0 Å². The number of carbonyl (C=O) groups is 2. The predicted octanol–water partition coefficient (Wildman–Crippen LogP) is -0.438. The zero-order chi connectivity index (χ0) is 15.0. The Hall–Kier alpha value is -2.38. The number of nitrogens with zero attached hydrogens (tertiary/aromatic N) is 1. The van der Waals surface area contributed by atoms with Crippen molar-refractivity contribution in [3.63, 3.8) is 0 Å². The Morgan fingerprint density at radius 3 is 2.53 bits per heavy atom. The number of rotatable bonds is 8. The van der Waals surface area contributed by atoms with Gasteiger partial charge < -0.3 is 10.8 Å². The number of carboxylic acids is 1. The largest absolute Gasteiger partial charge is 0.479 e. The first-order valence-corrected chi connectivity index (χ1v) is 5.32. The standard InChI is InChI=1S/C10H15N3O6/c1-3-7(6(2)13(17)18)4-8(10(11)16)12-19-5-9(14)15/h6,12H,3,5H2,1-2H3,(H2,11,16)(H,14,15). The Bertz CT molecular complexity index is 439. The number of carbonyl (C=O) groups excluding carboxylic acids is 1. The highest BCUT2D eigenvalue weighted by molar-refractivity contribution is 5.90. The molecular weight excluding hydrogens is 258 g/mol. The molecular formula is C10H15N3O6. The topological polar surface area (TPSA) is 145 Å². The number of carboxylic acid groups (broad SMARTS) is 1. The lowest BCUT2D eigenvalue weighted by molar-refractivity contribution is -0.507. The van der Waals surface area contributed by atoms with Gasteiger partial charge in [0.2, 0.25) is 6.04 Å². The fraction of sp³-hybridized carbons (Fsp3) is 0.500. The summed E-state index contributed by atoms with van der Waals surface area (Å²) in [6.45, 7) is 2.28. The van der Waals surface area contributed by atoms with Crippen molar-refractivity contribution in [1.29, 1.82) is 0 Å². The van der Waals surface area contributed by atoms with Crippen molar-refractivity contribution in [3.05, 3.63) is 27.1 Å². The van der Waals surface area contributed by atoms with Crippen LogP contribution in [0.5, 0.6) is 0 Å². The third-order valence-electron chi connectivity index (χ3n) is 2.10. The van der Waals surface area contributed by atoms with Crippen LogP contribution in [0, 0.1) is 10.1 Å². The van der Waals surface area contributed by atoms with E-state index in [4.69, 9.17) is 10.8 Å². The fourth-order valence-electron chi connectivity index (χ4n) is 1.08. The molecule has 106 valence electrons. The number of aliphatic carboxylic acids is 1. The third-order valence-corrected chi connectivity index (χ3v) is 2.10. The van der Waals surface area contributed by atoms with Crippen molar-refractivity contribution in [2.75, 3.05) is 6.61 Å². The van der Waals surface area contributed by atoms with Crippen molar-refractivity contribution in [2.24, 2.45) is 5.73 Å². The van der Waals surface area contributed by atoms with E-state index in [1.807, 2.05) is 5.48 Å². The number of hydroxylamine groups is 1. The Morgan fingerprint density at radius 2 is 2.16 bits per heavy atom. The molecule has 0 radical (unpaired) electrons. The van der Waals surface area contributed by atoms with Crippen LogP contribution in [-0.4, -0.2) is 34.6 Å². The average Bonchev–Trinajstić information content (AvgIpc) is 2.31. The van der Waals surface area contributed by atoms with E-state index in [0.29, 0.717) is 0 Å². The van der Waals surface area contributed by atoms with E-state index in [0.717, 1.165) is 0 Å². The van der Waals surface area contributed by atoms with Crippen LogP contribution in [0.4, 0.5) is 0 Å². The van der Waals surface area contributed by atoms with Crippen molar-refractivity contribution >= 4 is 11.9 Å². The van der Waals surface area contributed by atoms with Crippen LogP contribution >= 0.6 is 0 Å². The van der Waals surface area contributed by atoms with Crippen LogP contribution in [0.3, 0.4) is 0 Å². The smallest absolute Gasteiger partial charge is 0.332 e. The molecule has 0 fully saturated rings. The van der Waals surface area contributed by atoms with Crippen molar-refractivity contribution in [3.8, 4) is 0 Å². The van der Waals surface area contributed by atoms with Crippen molar-refractivity contribution in [2.45, 2.75) is 26.3 Å². The number of amides is 1. The molecule has 0 bridgehead atoms. The van der Waals surface area contributed by atoms with E-state index < -0.39 is 29.4 Å². The minimum Gasteiger partial charge on any atom is -0.479 e. The molecule has 1 amide bonds. The SMILES string of the molecule is CCC(=C=C(NOCC(=O)O)C(N)=O)C(C)[N+](=O)[O-]. The summed E-state index contributed by atoms with van der Waals surface area (Å²) in [7, 11) is 0. The van der Waals surface area contributed by atoms with Gasteiger partial charge in [0.25, 0.3) is 5.91 Å². The number of nitrogens with one attached hydrogen (secondary N) is 1. The van der Waals surface area contributed by atoms with Gasteiger partial charge in [-0.15, -0.1) is 0 Å². The van der Waals surface area contributed by atoms with Crippen molar-refractivity contribution in [1.82, 2.24) is 5.48 Å². The summed E-state index contributed by atoms with van der Waals surface area (Å²) in [6, 6.07) is -1.04. The Balaban J connectivity index is 5.19. The lowest BCUT2D eigenvalue weighted by atomic mass is 10.1. The zero-order valence-corrected chi connectivity index (χ0v) is 10.5. The maximum atomic E-state index is 11.1. The number of hydrogen-bond donors (Lipinski definition) is 3. The third kappa shape index (κ3) is 6.20. The molecule has 0 aromatic heterocycles. The summed E-state index contributed by atoms with van der Waals surface area (Å²) in [5, 5.41) is 19.0. The molecule has 0 aliphatic rings. The normalized spacial score (nSPS) is 11.1. The summed E-state index contributed by atoms with van der Waals surface area (Å²) in [6.07, 6.45) is 0.277. The zero-order valence-electron chi connectivity index (χ0n) is 10.5. The minimum atomic E-state index is -1.25. The molecule has 1 unspecified atom stereocenters. The van der Waals surface area contributed by atoms with E-state index in [1.165, 1.54) is 6.92 Å². The average molecular weight is 273 g/mol. The number of hydrogen-bond acceptors (Lipinski definition) is 6. The molecule has 0 heterocycles. The summed E-state index contributed by atoms with van der Waals surface area (Å²) < 4.78 is 0. The first-order valence-electron chi connectivity index (χ1n) is 5.32. The maximum absolute atomic E-state index is 11.1. The maximum Gasteiger partial charge on any atom is 0.332 e. The number of primary amides is 1. The second-order valence-electron chi connectivity index (χ2n) is 3.49. The Kier molecular flexibility index (Phi) is 6.87. The highest BCUT2D eigenvalue weighted by atomic mass is 16.7. The molecule has 0 aliphatic carbocycles. The molecule has 0 rings (SSSR count). The lowest BCUT2D eigenvalue weighted by Crippen LogP contribution is -2.28. The van der Waals surface area contributed by atoms with Crippen molar-refractivity contribution < 1.29 is 24.5 Å². The molecule has 0 saturated carbocycles. The van der Waals surface area contributed by atoms with E-state index >= 15 is 0 Å². The van der Waals surface area contributed by atoms with Gasteiger partial charge in [0, 0.05) is 17.4 Å². The van der Waals surface area contributed by atoms with Crippen LogP contribution in [0.25, 0.3) is 0 Å². The minimum absolute atomic E-state index is 0.227. The van der Waals surface area contributed by atoms with Gasteiger partial charge in [0.05, 0.1) is 0 Å². The summed E-state index contributed by atoms with van der Waals surface area (Å²) >= 11 is 0. The van der Waals surface area contributed by atoms with Gasteiger partial charge >= 0.3 is 5.97 Å². The molecule has 1 atom stereocenters. The van der Waals surface area contributed by atoms with Crippen LogP contribution < -0.4 is 11.2 Å². The van der Waals surface area contributed by atoms with Crippen LogP contribution in [0.1, 0.15) is 20.3 Å². The molecule has 0 aromatic carbocycles. The fourth-order valence-corrected chi connectivity index (χ4v) is 1.08. The molecule has 0 saturated heterocycles. The summed E-state index contributed by atoms with van der Waals surface area (Å²) in [4.78, 5) is 35.9. The quantitative estimate of drug-likeness (QED) is 0.235. The molecule has 19 heavy (non-hydrogen) atoms. The molecule has 0 aliphatic heterocycles. The lowest BCUT2D eigenvalue weighted by Gasteiger charge is -2.07. The molecule has 9 heteroatoms. The van der Waals surface area contributed by atoms with Gasteiger partial charge in [-0.2, -0.15) is 0 Å². The molecule has 0 spiro atoms. The monoisotopic (exact) mass is 273 g/mol. The number of nitro groups is 1. The van der Waals surface area contributed by atoms with Crippen LogP contribution in [0.15, 0.2) is 17.0 Å². The van der Waals surface area contributed by atoms with Gasteiger partial charge in [0.1, 0.15) is 0 Å². The van der Waals surface area contributed by atoms with Crippen LogP contribution in [-0.2, 0) is 14.4 Å². The van der Waals surface area contributed by atoms with E-state index in [9.17, 15) is 19.7 Å². The Labute approximate surface area is 108 Å². The summed E-state index contributed by atoms with van der Waals surface area (Å²) in [5.41, 5.74) is 9.34. The molecule has 0 aromatic rings. The second kappa shape index (κ2) is 7.85. The van der Waals surface area contributed by atoms with Gasteiger partial charge in [0.15, 0.2) is 12.3 Å². The van der Waals surface area contributed by atoms with Gasteiger partial charge in [-0.3, -0.25) is 25.2 Å². The van der Waals surface area contributed by atoms with Gasteiger partial charge in [-0.05, 0) is 6.42 Å².